The second-order valence-electron chi connectivity index (χ2n) is 11.0. The van der Waals surface area contributed by atoms with Crippen LogP contribution in [0.2, 0.25) is 0 Å². The average Bonchev–Trinajstić information content (AvgIpc) is 3.49. The minimum Gasteiger partial charge on any atom is -0.460 e. The molecule has 1 aliphatic rings. The molecule has 0 aliphatic heterocycles. The van der Waals surface area contributed by atoms with Crippen LogP contribution in [0.1, 0.15) is 73.8 Å². The molecule has 1 aromatic carbocycles. The monoisotopic (exact) mass is 553 g/mol. The van der Waals surface area contributed by atoms with Crippen LogP contribution >= 0.6 is 0 Å². The van der Waals surface area contributed by atoms with Gasteiger partial charge in [-0.15, -0.1) is 0 Å². The molecule has 1 amide bonds. The Balaban J connectivity index is 1.35. The number of aromatic nitrogens is 2. The van der Waals surface area contributed by atoms with Crippen LogP contribution in [-0.2, 0) is 31.7 Å². The molecule has 10 heteroatoms. The van der Waals surface area contributed by atoms with Gasteiger partial charge in [0, 0.05) is 36.5 Å². The van der Waals surface area contributed by atoms with E-state index >= 15 is 0 Å². The molecule has 0 spiro atoms. The third-order valence-electron chi connectivity index (χ3n) is 6.68. The Morgan fingerprint density at radius 3 is 2.54 bits per heavy atom. The molecule has 2 heterocycles. The lowest BCUT2D eigenvalue weighted by molar-refractivity contribution is -0.155. The highest BCUT2D eigenvalue weighted by molar-refractivity contribution is 7.91. The number of aryl methyl sites for hydroxylation is 1. The normalized spacial score (nSPS) is 17.6. The number of hydrogen-bond donors (Lipinski definition) is 1. The second kappa shape index (κ2) is 11.7. The van der Waals surface area contributed by atoms with Crippen molar-refractivity contribution in [3.63, 3.8) is 0 Å². The molecule has 208 valence electrons. The maximum atomic E-state index is 13.2. The van der Waals surface area contributed by atoms with E-state index in [-0.39, 0.29) is 30.0 Å². The van der Waals surface area contributed by atoms with Crippen molar-refractivity contribution in [1.82, 2.24) is 15.3 Å². The number of hydrogen-bond acceptors (Lipinski definition) is 8. The van der Waals surface area contributed by atoms with Gasteiger partial charge in [-0.05, 0) is 88.8 Å². The smallest absolute Gasteiger partial charge is 0.306 e. The fraction of sp³-hybridized carbons (Fsp3) is 0.448. The summed E-state index contributed by atoms with van der Waals surface area (Å²) in [6, 6.07) is 10.5. The van der Waals surface area contributed by atoms with Crippen LogP contribution < -0.4 is 5.32 Å². The molecule has 39 heavy (non-hydrogen) atoms. The number of pyridine rings is 1. The van der Waals surface area contributed by atoms with Gasteiger partial charge in [0.1, 0.15) is 11.4 Å². The number of sulfone groups is 1. The second-order valence-corrected chi connectivity index (χ2v) is 13.3. The van der Waals surface area contributed by atoms with Gasteiger partial charge in [-0.25, -0.2) is 13.4 Å². The maximum absolute atomic E-state index is 13.2. The highest BCUT2D eigenvalue weighted by Crippen LogP contribution is 2.35. The van der Waals surface area contributed by atoms with Crippen molar-refractivity contribution in [3.8, 4) is 11.5 Å². The van der Waals surface area contributed by atoms with Crippen molar-refractivity contribution in [2.24, 2.45) is 5.92 Å². The van der Waals surface area contributed by atoms with Crippen LogP contribution in [0, 0.1) is 12.8 Å². The Morgan fingerprint density at radius 1 is 1.13 bits per heavy atom. The summed E-state index contributed by atoms with van der Waals surface area (Å²) in [4.78, 5) is 33.2. The minimum atomic E-state index is -3.49. The number of carbonyl (C=O) groups is 2. The highest BCUT2D eigenvalue weighted by atomic mass is 32.2. The van der Waals surface area contributed by atoms with Crippen LogP contribution in [0.25, 0.3) is 11.5 Å². The van der Waals surface area contributed by atoms with Crippen LogP contribution in [-0.4, -0.2) is 41.1 Å². The van der Waals surface area contributed by atoms with E-state index < -0.39 is 20.7 Å². The first-order valence-corrected chi connectivity index (χ1v) is 14.8. The average molecular weight is 554 g/mol. The third-order valence-corrected chi connectivity index (χ3v) is 8.80. The summed E-state index contributed by atoms with van der Waals surface area (Å²) in [5.41, 5.74) is 1.84. The van der Waals surface area contributed by atoms with Gasteiger partial charge in [-0.2, -0.15) is 0 Å². The molecule has 3 aromatic rings. The Bertz CT molecular complexity index is 1410. The number of carbonyl (C=O) groups excluding carboxylic acids is 2. The van der Waals surface area contributed by atoms with Crippen molar-refractivity contribution in [3.05, 3.63) is 71.4 Å². The third kappa shape index (κ3) is 7.75. The molecule has 0 unspecified atom stereocenters. The first-order chi connectivity index (χ1) is 18.4. The van der Waals surface area contributed by atoms with Gasteiger partial charge >= 0.3 is 5.97 Å². The van der Waals surface area contributed by atoms with Gasteiger partial charge in [0.25, 0.3) is 5.91 Å². The molecule has 0 radical (unpaired) electrons. The molecule has 1 saturated carbocycles. The molecule has 9 nitrogen and oxygen atoms in total. The van der Waals surface area contributed by atoms with E-state index in [0.29, 0.717) is 54.3 Å². The van der Waals surface area contributed by atoms with Crippen molar-refractivity contribution in [1.29, 1.82) is 0 Å². The number of oxazole rings is 1. The van der Waals surface area contributed by atoms with E-state index in [1.54, 1.807) is 43.6 Å². The van der Waals surface area contributed by atoms with Gasteiger partial charge < -0.3 is 14.5 Å². The molecule has 2 atom stereocenters. The molecular weight excluding hydrogens is 518 g/mol. The molecular formula is C29H35N3O6S. The van der Waals surface area contributed by atoms with Crippen LogP contribution in [0.5, 0.6) is 0 Å². The van der Waals surface area contributed by atoms with Gasteiger partial charge in [0.2, 0.25) is 5.89 Å². The highest BCUT2D eigenvalue weighted by Gasteiger charge is 2.36. The van der Waals surface area contributed by atoms with E-state index in [0.717, 1.165) is 5.56 Å². The van der Waals surface area contributed by atoms with E-state index in [2.05, 4.69) is 15.3 Å². The number of ether oxygens (including phenoxy) is 1. The molecule has 1 N–H and O–H groups in total. The van der Waals surface area contributed by atoms with Crippen molar-refractivity contribution in [2.75, 3.05) is 0 Å². The van der Waals surface area contributed by atoms with Crippen molar-refractivity contribution >= 4 is 21.7 Å². The Labute approximate surface area is 229 Å². The fourth-order valence-electron chi connectivity index (χ4n) is 4.70. The predicted molar refractivity (Wildman–Crippen MR) is 146 cm³/mol. The Kier molecular flexibility index (Phi) is 8.54. The van der Waals surface area contributed by atoms with Gasteiger partial charge in [-0.1, -0.05) is 6.07 Å². The van der Waals surface area contributed by atoms with Gasteiger partial charge in [-0.3, -0.25) is 14.6 Å². The SMILES string of the molecule is Cc1oc(-c2ccc(C(=O)NCc3cccnc3)cc2)nc1CS(=O)(=O)[C@H]1CC[C@H](CC(=O)OC(C)(C)C)C1. The molecule has 1 aliphatic carbocycles. The summed E-state index contributed by atoms with van der Waals surface area (Å²) in [6.07, 6.45) is 5.23. The molecule has 1 fully saturated rings. The lowest BCUT2D eigenvalue weighted by atomic mass is 10.0. The van der Waals surface area contributed by atoms with Gasteiger partial charge in [0.05, 0.1) is 16.7 Å². The number of esters is 1. The molecule has 2 aromatic heterocycles. The van der Waals surface area contributed by atoms with Crippen molar-refractivity contribution < 1.29 is 27.2 Å². The minimum absolute atomic E-state index is 0.00586. The van der Waals surface area contributed by atoms with E-state index in [9.17, 15) is 18.0 Å². The maximum Gasteiger partial charge on any atom is 0.306 e. The summed E-state index contributed by atoms with van der Waals surface area (Å²) in [5.74, 6) is 0.000901. The molecule has 0 bridgehead atoms. The zero-order valence-electron chi connectivity index (χ0n) is 22.8. The largest absolute Gasteiger partial charge is 0.460 e. The molecule has 4 rings (SSSR count). The predicted octanol–water partition coefficient (Wildman–Crippen LogP) is 4.79. The standard InChI is InChI=1S/C29H35N3O6S/c1-19-25(18-39(35,36)24-12-7-20(14-24)15-26(33)38-29(2,3)4)32-28(37-19)23-10-8-22(9-11-23)27(34)31-17-21-6-5-13-30-16-21/h5-6,8-11,13,16,20,24H,7,12,14-15,17-18H2,1-4H3,(H,31,34)/t20-,24-/m0/s1. The zero-order chi connectivity index (χ0) is 28.2. The summed E-state index contributed by atoms with van der Waals surface area (Å²) in [7, 11) is -3.49. The van der Waals surface area contributed by atoms with Gasteiger partial charge in [0.15, 0.2) is 9.84 Å². The summed E-state index contributed by atoms with van der Waals surface area (Å²) >= 11 is 0. The lowest BCUT2D eigenvalue weighted by Crippen LogP contribution is -2.25. The first kappa shape index (κ1) is 28.5. The topological polar surface area (TPSA) is 128 Å². The Morgan fingerprint density at radius 2 is 1.87 bits per heavy atom. The number of amides is 1. The number of nitrogens with zero attached hydrogens (tertiary/aromatic N) is 2. The van der Waals surface area contributed by atoms with Crippen LogP contribution in [0.3, 0.4) is 0 Å². The summed E-state index contributed by atoms with van der Waals surface area (Å²) in [6.45, 7) is 7.52. The summed E-state index contributed by atoms with van der Waals surface area (Å²) < 4.78 is 37.6. The van der Waals surface area contributed by atoms with Crippen LogP contribution in [0.15, 0.2) is 53.2 Å². The number of benzene rings is 1. The fourth-order valence-corrected chi connectivity index (χ4v) is 6.65. The number of rotatable bonds is 9. The molecule has 0 saturated heterocycles. The van der Waals surface area contributed by atoms with E-state index in [4.69, 9.17) is 9.15 Å². The quantitative estimate of drug-likeness (QED) is 0.375. The number of nitrogens with one attached hydrogen (secondary N) is 1. The summed E-state index contributed by atoms with van der Waals surface area (Å²) in [5, 5.41) is 2.33. The van der Waals surface area contributed by atoms with E-state index in [1.807, 2.05) is 32.9 Å². The van der Waals surface area contributed by atoms with E-state index in [1.165, 1.54) is 0 Å². The zero-order valence-corrected chi connectivity index (χ0v) is 23.6. The first-order valence-electron chi connectivity index (χ1n) is 13.1. The van der Waals surface area contributed by atoms with Crippen LogP contribution in [0.4, 0.5) is 0 Å². The Hall–Kier alpha value is -3.53. The van der Waals surface area contributed by atoms with Crippen molar-refractivity contribution in [2.45, 2.75) is 76.5 Å². The lowest BCUT2D eigenvalue weighted by Gasteiger charge is -2.20.